The summed E-state index contributed by atoms with van der Waals surface area (Å²) >= 11 is 0. The fourth-order valence-electron chi connectivity index (χ4n) is 4.63. The van der Waals surface area contributed by atoms with Gasteiger partial charge in [-0.25, -0.2) is 0 Å². The first-order valence-electron chi connectivity index (χ1n) is 10.5. The Morgan fingerprint density at radius 1 is 1.18 bits per heavy atom. The number of hydrogen-bond donors (Lipinski definition) is 2. The lowest BCUT2D eigenvalue weighted by Gasteiger charge is -2.39. The van der Waals surface area contributed by atoms with Crippen molar-refractivity contribution < 1.29 is 28.6 Å². The van der Waals surface area contributed by atoms with Crippen LogP contribution in [0.1, 0.15) is 30.7 Å². The Balaban J connectivity index is 2.06. The Bertz CT molecular complexity index is 1230. The molecular formula is C23H23N3O7. The van der Waals surface area contributed by atoms with Crippen molar-refractivity contribution in [3.63, 3.8) is 0 Å². The van der Waals surface area contributed by atoms with E-state index >= 15 is 0 Å². The first-order valence-corrected chi connectivity index (χ1v) is 10.5. The Hall–Kier alpha value is -3.95. The maximum absolute atomic E-state index is 14.1. The average molecular weight is 453 g/mol. The van der Waals surface area contributed by atoms with Crippen LogP contribution in [0.5, 0.6) is 5.75 Å². The number of fused-ring (bicyclic) bond motifs is 4. The van der Waals surface area contributed by atoms with E-state index in [2.05, 4.69) is 4.98 Å². The minimum absolute atomic E-state index is 0.00180. The van der Waals surface area contributed by atoms with E-state index in [1.165, 1.54) is 11.0 Å². The van der Waals surface area contributed by atoms with E-state index in [9.17, 15) is 19.2 Å². The van der Waals surface area contributed by atoms with Gasteiger partial charge in [-0.1, -0.05) is 18.2 Å². The van der Waals surface area contributed by atoms with Crippen molar-refractivity contribution in [3.05, 3.63) is 57.5 Å². The number of carbonyl (C=O) groups is 3. The zero-order valence-corrected chi connectivity index (χ0v) is 18.4. The fraction of sp³-hybridized carbons (Fsp3) is 0.348. The van der Waals surface area contributed by atoms with Gasteiger partial charge in [-0.05, 0) is 32.4 Å². The van der Waals surface area contributed by atoms with Gasteiger partial charge in [-0.15, -0.1) is 0 Å². The molecule has 1 aromatic heterocycles. The van der Waals surface area contributed by atoms with E-state index in [4.69, 9.17) is 19.6 Å². The monoisotopic (exact) mass is 453 g/mol. The molecule has 0 aliphatic carbocycles. The van der Waals surface area contributed by atoms with Gasteiger partial charge < -0.3 is 19.2 Å². The number of carbonyl (C=O) groups excluding carboxylic acids is 3. The molecule has 10 heteroatoms. The van der Waals surface area contributed by atoms with Crippen molar-refractivity contribution in [2.45, 2.75) is 26.2 Å². The van der Waals surface area contributed by atoms with E-state index in [1.54, 1.807) is 45.0 Å². The summed E-state index contributed by atoms with van der Waals surface area (Å²) in [6, 6.07) is 8.05. The number of H-pyrrole nitrogens is 1. The summed E-state index contributed by atoms with van der Waals surface area (Å²) in [5.41, 5.74) is -1.58. The highest BCUT2D eigenvalue weighted by Crippen LogP contribution is 2.54. The second-order valence-corrected chi connectivity index (χ2v) is 7.69. The predicted molar refractivity (Wildman–Crippen MR) is 116 cm³/mol. The zero-order valence-electron chi connectivity index (χ0n) is 18.4. The molecule has 2 aliphatic rings. The van der Waals surface area contributed by atoms with Crippen LogP contribution in [0.4, 0.5) is 5.69 Å². The molecule has 10 nitrogen and oxygen atoms in total. The number of aromatic amines is 1. The van der Waals surface area contributed by atoms with Crippen LogP contribution >= 0.6 is 0 Å². The number of nitrogens with one attached hydrogen (secondary N) is 2. The molecule has 0 fully saturated rings. The van der Waals surface area contributed by atoms with E-state index < -0.39 is 47.2 Å². The van der Waals surface area contributed by atoms with E-state index in [-0.39, 0.29) is 24.5 Å². The Morgan fingerprint density at radius 2 is 1.88 bits per heavy atom. The predicted octanol–water partition coefficient (Wildman–Crippen LogP) is 1.43. The molecule has 2 aromatic rings. The average Bonchev–Trinajstić information content (AvgIpc) is 2.97. The fourth-order valence-corrected chi connectivity index (χ4v) is 4.63. The number of anilines is 1. The van der Waals surface area contributed by atoms with Gasteiger partial charge in [-0.3, -0.25) is 29.5 Å². The smallest absolute Gasteiger partial charge is 0.326 e. The number of nitrogens with zero attached hydrogens (tertiary/aromatic N) is 1. The van der Waals surface area contributed by atoms with Crippen molar-refractivity contribution in [1.29, 1.82) is 5.41 Å². The first-order chi connectivity index (χ1) is 15.8. The largest absolute Gasteiger partial charge is 0.465 e. The van der Waals surface area contributed by atoms with Crippen LogP contribution in [0.2, 0.25) is 0 Å². The SMILES string of the molecule is CCOC(=O)CN1C(=O)C2(c3ccccc31)c1c(cc(C)[nH]c1=O)OC(=N)C2C(=O)OCC. The van der Waals surface area contributed by atoms with Gasteiger partial charge in [0.1, 0.15) is 17.7 Å². The molecule has 33 heavy (non-hydrogen) atoms. The second-order valence-electron chi connectivity index (χ2n) is 7.69. The number of aromatic nitrogens is 1. The van der Waals surface area contributed by atoms with Crippen molar-refractivity contribution in [2.24, 2.45) is 5.92 Å². The maximum Gasteiger partial charge on any atom is 0.326 e. The number of amides is 1. The molecule has 2 aliphatic heterocycles. The van der Waals surface area contributed by atoms with Gasteiger partial charge in [0.25, 0.3) is 5.56 Å². The van der Waals surface area contributed by atoms with Crippen molar-refractivity contribution in [3.8, 4) is 5.75 Å². The molecule has 3 heterocycles. The van der Waals surface area contributed by atoms with Crippen LogP contribution in [0, 0.1) is 18.3 Å². The quantitative estimate of drug-likeness (QED) is 0.653. The number of ether oxygens (including phenoxy) is 3. The third-order valence-corrected chi connectivity index (χ3v) is 5.76. The summed E-state index contributed by atoms with van der Waals surface area (Å²) < 4.78 is 15.8. The molecule has 1 aromatic carbocycles. The lowest BCUT2D eigenvalue weighted by Crippen LogP contribution is -2.58. The van der Waals surface area contributed by atoms with Crippen LogP contribution < -0.4 is 15.2 Å². The standard InChI is InChI=1S/C23H23N3O7/c1-4-31-16(27)11-26-14-9-7-6-8-13(14)23(22(26)30)17-15(10-12(3)25-20(17)28)33-19(24)18(23)21(29)32-5-2/h6-10,18,24H,4-5,11H2,1-3H3,(H,25,28). The van der Waals surface area contributed by atoms with Crippen molar-refractivity contribution in [1.82, 2.24) is 4.98 Å². The number of hydrogen-bond acceptors (Lipinski definition) is 8. The van der Waals surface area contributed by atoms with Gasteiger partial charge >= 0.3 is 11.9 Å². The number of benzene rings is 1. The number of pyridine rings is 1. The van der Waals surface area contributed by atoms with Crippen LogP contribution in [-0.4, -0.2) is 48.5 Å². The molecular weight excluding hydrogens is 430 g/mol. The minimum atomic E-state index is -1.94. The summed E-state index contributed by atoms with van der Waals surface area (Å²) in [5, 5.41) is 8.52. The molecule has 1 spiro atoms. The molecule has 0 bridgehead atoms. The highest BCUT2D eigenvalue weighted by atomic mass is 16.5. The van der Waals surface area contributed by atoms with E-state index in [0.717, 1.165) is 0 Å². The third kappa shape index (κ3) is 3.21. The minimum Gasteiger partial charge on any atom is -0.465 e. The topological polar surface area (TPSA) is 139 Å². The summed E-state index contributed by atoms with van der Waals surface area (Å²) in [5.74, 6) is -4.32. The van der Waals surface area contributed by atoms with Crippen LogP contribution in [0.25, 0.3) is 0 Å². The number of aryl methyl sites for hydroxylation is 1. The third-order valence-electron chi connectivity index (χ3n) is 5.76. The highest BCUT2D eigenvalue weighted by molar-refractivity contribution is 6.19. The molecule has 0 saturated carbocycles. The Kier molecular flexibility index (Phi) is 5.52. The maximum atomic E-state index is 14.1. The zero-order chi connectivity index (χ0) is 23.9. The summed E-state index contributed by atoms with van der Waals surface area (Å²) in [6.45, 7) is 4.58. The number of para-hydroxylation sites is 1. The summed E-state index contributed by atoms with van der Waals surface area (Å²) in [6.07, 6.45) is 0. The molecule has 0 radical (unpaired) electrons. The highest BCUT2D eigenvalue weighted by Gasteiger charge is 2.66. The normalized spacial score (nSPS) is 20.8. The van der Waals surface area contributed by atoms with Crippen molar-refractivity contribution >= 4 is 29.4 Å². The molecule has 1 amide bonds. The molecule has 0 saturated heterocycles. The number of esters is 2. The van der Waals surface area contributed by atoms with Crippen LogP contribution in [0.15, 0.2) is 35.1 Å². The van der Waals surface area contributed by atoms with Gasteiger partial charge in [-0.2, -0.15) is 0 Å². The van der Waals surface area contributed by atoms with Crippen LogP contribution in [0.3, 0.4) is 0 Å². The van der Waals surface area contributed by atoms with E-state index in [0.29, 0.717) is 16.9 Å². The molecule has 172 valence electrons. The molecule has 4 rings (SSSR count). The van der Waals surface area contributed by atoms with Gasteiger partial charge in [0.15, 0.2) is 5.92 Å². The molecule has 2 atom stereocenters. The van der Waals surface area contributed by atoms with Gasteiger partial charge in [0.05, 0.1) is 18.8 Å². The molecule has 2 unspecified atom stereocenters. The number of rotatable bonds is 5. The lowest BCUT2D eigenvalue weighted by molar-refractivity contribution is -0.150. The summed E-state index contributed by atoms with van der Waals surface area (Å²) in [4.78, 5) is 56.7. The Labute approximate surface area is 189 Å². The van der Waals surface area contributed by atoms with Gasteiger partial charge in [0, 0.05) is 17.4 Å². The first kappa shape index (κ1) is 22.3. The Morgan fingerprint density at radius 3 is 2.58 bits per heavy atom. The van der Waals surface area contributed by atoms with Crippen molar-refractivity contribution in [2.75, 3.05) is 24.7 Å². The second kappa shape index (κ2) is 8.19. The molecule has 2 N–H and O–H groups in total. The summed E-state index contributed by atoms with van der Waals surface area (Å²) in [7, 11) is 0. The lowest BCUT2D eigenvalue weighted by atomic mass is 9.65. The van der Waals surface area contributed by atoms with Crippen LogP contribution in [-0.2, 0) is 29.3 Å². The van der Waals surface area contributed by atoms with Gasteiger partial charge in [0.2, 0.25) is 11.8 Å². The van der Waals surface area contributed by atoms with E-state index in [1.807, 2.05) is 0 Å².